The van der Waals surface area contributed by atoms with Gasteiger partial charge in [-0.1, -0.05) is 20.8 Å². The molecule has 0 aromatic heterocycles. The van der Waals surface area contributed by atoms with Crippen LogP contribution in [0.15, 0.2) is 0 Å². The Morgan fingerprint density at radius 3 is 2.67 bits per heavy atom. The molecule has 1 aliphatic heterocycles. The highest BCUT2D eigenvalue weighted by atomic mass is 16.5. The van der Waals surface area contributed by atoms with Crippen LogP contribution < -0.4 is 5.32 Å². The number of hydrogen-bond donors (Lipinski definition) is 1. The van der Waals surface area contributed by atoms with E-state index in [0.29, 0.717) is 12.0 Å². The van der Waals surface area contributed by atoms with E-state index in [1.807, 2.05) is 7.11 Å². The van der Waals surface area contributed by atoms with Gasteiger partial charge in [0, 0.05) is 26.2 Å². The highest BCUT2D eigenvalue weighted by Gasteiger charge is 2.34. The van der Waals surface area contributed by atoms with E-state index in [4.69, 9.17) is 4.74 Å². The molecule has 2 atom stereocenters. The van der Waals surface area contributed by atoms with E-state index < -0.39 is 0 Å². The second kappa shape index (κ2) is 7.46. The maximum absolute atomic E-state index is 5.70. The van der Waals surface area contributed by atoms with E-state index >= 15 is 0 Å². The lowest BCUT2D eigenvalue weighted by Crippen LogP contribution is -2.55. The van der Waals surface area contributed by atoms with Crippen LogP contribution in [0.25, 0.3) is 0 Å². The number of nitrogens with zero attached hydrogens (tertiary/aromatic N) is 1. The molecule has 1 rings (SSSR count). The summed E-state index contributed by atoms with van der Waals surface area (Å²) >= 11 is 0. The van der Waals surface area contributed by atoms with E-state index in [1.165, 1.54) is 25.8 Å². The molecule has 2 unspecified atom stereocenters. The molecule has 0 saturated carbocycles. The number of ether oxygens (including phenoxy) is 1. The lowest BCUT2D eigenvalue weighted by atomic mass is 9.91. The molecule has 1 fully saturated rings. The topological polar surface area (TPSA) is 24.5 Å². The first-order valence-electron chi connectivity index (χ1n) is 7.52. The van der Waals surface area contributed by atoms with Crippen molar-refractivity contribution in [2.24, 2.45) is 5.92 Å². The van der Waals surface area contributed by atoms with Crippen molar-refractivity contribution in [2.75, 3.05) is 33.3 Å². The highest BCUT2D eigenvalue weighted by molar-refractivity contribution is 4.89. The molecule has 3 nitrogen and oxygen atoms in total. The summed E-state index contributed by atoms with van der Waals surface area (Å²) < 4.78 is 5.70. The first kappa shape index (κ1) is 15.9. The third-order valence-corrected chi connectivity index (χ3v) is 4.20. The predicted octanol–water partition coefficient (Wildman–Crippen LogP) is 2.51. The van der Waals surface area contributed by atoms with Crippen LogP contribution in [-0.2, 0) is 4.74 Å². The number of rotatable bonds is 7. The number of piperidine rings is 1. The van der Waals surface area contributed by atoms with E-state index in [0.717, 1.165) is 19.6 Å². The van der Waals surface area contributed by atoms with Crippen LogP contribution in [0, 0.1) is 5.92 Å². The Labute approximate surface area is 113 Å². The van der Waals surface area contributed by atoms with Crippen molar-refractivity contribution >= 4 is 0 Å². The molecule has 0 aromatic carbocycles. The van der Waals surface area contributed by atoms with Gasteiger partial charge in [0.05, 0.1) is 5.60 Å². The maximum atomic E-state index is 5.70. The van der Waals surface area contributed by atoms with Gasteiger partial charge in [0.15, 0.2) is 0 Å². The molecule has 18 heavy (non-hydrogen) atoms. The van der Waals surface area contributed by atoms with Crippen LogP contribution in [-0.4, -0.2) is 49.8 Å². The predicted molar refractivity (Wildman–Crippen MR) is 78.0 cm³/mol. The molecule has 1 heterocycles. The van der Waals surface area contributed by atoms with E-state index in [9.17, 15) is 0 Å². The zero-order valence-corrected chi connectivity index (χ0v) is 13.0. The quantitative estimate of drug-likeness (QED) is 0.708. The molecular weight excluding hydrogens is 224 g/mol. The Balaban J connectivity index is 2.56. The van der Waals surface area contributed by atoms with Gasteiger partial charge in [-0.15, -0.1) is 0 Å². The van der Waals surface area contributed by atoms with E-state index in [-0.39, 0.29) is 5.60 Å². The Morgan fingerprint density at radius 2 is 2.11 bits per heavy atom. The Hall–Kier alpha value is -0.120. The molecule has 0 radical (unpaired) electrons. The molecule has 0 amide bonds. The zero-order valence-electron chi connectivity index (χ0n) is 13.0. The summed E-state index contributed by atoms with van der Waals surface area (Å²) in [6.45, 7) is 13.6. The average Bonchev–Trinajstić information content (AvgIpc) is 2.34. The summed E-state index contributed by atoms with van der Waals surface area (Å²) in [4.78, 5) is 2.63. The molecule has 108 valence electrons. The summed E-state index contributed by atoms with van der Waals surface area (Å²) in [7, 11) is 1.85. The molecule has 1 saturated heterocycles. The second-order valence-electron chi connectivity index (χ2n) is 6.24. The van der Waals surface area contributed by atoms with Crippen molar-refractivity contribution in [2.45, 2.75) is 58.6 Å². The molecule has 1 aliphatic rings. The monoisotopic (exact) mass is 256 g/mol. The summed E-state index contributed by atoms with van der Waals surface area (Å²) in [5, 5.41) is 3.58. The minimum atomic E-state index is 0.0517. The van der Waals surface area contributed by atoms with Gasteiger partial charge in [-0.2, -0.15) is 0 Å². The van der Waals surface area contributed by atoms with E-state index in [1.54, 1.807) is 0 Å². The van der Waals surface area contributed by atoms with Crippen molar-refractivity contribution in [1.82, 2.24) is 10.2 Å². The van der Waals surface area contributed by atoms with Gasteiger partial charge in [-0.05, 0) is 45.2 Å². The second-order valence-corrected chi connectivity index (χ2v) is 6.24. The van der Waals surface area contributed by atoms with Gasteiger partial charge in [-0.3, -0.25) is 4.90 Å². The fraction of sp³-hybridized carbons (Fsp3) is 1.00. The third kappa shape index (κ3) is 4.52. The van der Waals surface area contributed by atoms with Crippen molar-refractivity contribution in [1.29, 1.82) is 0 Å². The van der Waals surface area contributed by atoms with Gasteiger partial charge < -0.3 is 10.1 Å². The molecule has 0 bridgehead atoms. The van der Waals surface area contributed by atoms with Gasteiger partial charge in [0.25, 0.3) is 0 Å². The van der Waals surface area contributed by atoms with Gasteiger partial charge >= 0.3 is 0 Å². The Kier molecular flexibility index (Phi) is 6.61. The van der Waals surface area contributed by atoms with Gasteiger partial charge in [-0.25, -0.2) is 0 Å². The largest absolute Gasteiger partial charge is 0.377 e. The number of methoxy groups -OCH3 is 1. The zero-order chi connectivity index (χ0) is 13.6. The summed E-state index contributed by atoms with van der Waals surface area (Å²) in [6.07, 6.45) is 3.65. The van der Waals surface area contributed by atoms with Crippen molar-refractivity contribution in [3.8, 4) is 0 Å². The molecule has 0 aromatic rings. The molecule has 3 heteroatoms. The molecule has 0 spiro atoms. The maximum Gasteiger partial charge on any atom is 0.0777 e. The van der Waals surface area contributed by atoms with Crippen LogP contribution in [0.4, 0.5) is 0 Å². The minimum absolute atomic E-state index is 0.0517. The number of likely N-dealkylation sites (tertiary alicyclic amines) is 1. The van der Waals surface area contributed by atoms with Crippen LogP contribution >= 0.6 is 0 Å². The SMILES string of the molecule is CCCNCC(C(C)C)N1CCCC(C)(OC)C1. The summed E-state index contributed by atoms with van der Waals surface area (Å²) in [5.41, 5.74) is 0.0517. The highest BCUT2D eigenvalue weighted by Crippen LogP contribution is 2.26. The summed E-state index contributed by atoms with van der Waals surface area (Å²) in [5.74, 6) is 0.688. The van der Waals surface area contributed by atoms with Crippen LogP contribution in [0.5, 0.6) is 0 Å². The third-order valence-electron chi connectivity index (χ3n) is 4.20. The minimum Gasteiger partial charge on any atom is -0.377 e. The molecular formula is C15H32N2O. The number of nitrogens with one attached hydrogen (secondary N) is 1. The fourth-order valence-electron chi connectivity index (χ4n) is 2.91. The van der Waals surface area contributed by atoms with Gasteiger partial charge in [0.2, 0.25) is 0 Å². The van der Waals surface area contributed by atoms with Crippen molar-refractivity contribution in [3.05, 3.63) is 0 Å². The van der Waals surface area contributed by atoms with Crippen molar-refractivity contribution in [3.63, 3.8) is 0 Å². The Bertz CT molecular complexity index is 233. The normalized spacial score (nSPS) is 27.7. The van der Waals surface area contributed by atoms with E-state index in [2.05, 4.69) is 37.9 Å². The van der Waals surface area contributed by atoms with Crippen LogP contribution in [0.3, 0.4) is 0 Å². The van der Waals surface area contributed by atoms with Crippen LogP contribution in [0.2, 0.25) is 0 Å². The number of hydrogen-bond acceptors (Lipinski definition) is 3. The van der Waals surface area contributed by atoms with Crippen molar-refractivity contribution < 1.29 is 4.74 Å². The summed E-state index contributed by atoms with van der Waals surface area (Å²) in [6, 6.07) is 0.631. The molecule has 1 N–H and O–H groups in total. The lowest BCUT2D eigenvalue weighted by Gasteiger charge is -2.44. The Morgan fingerprint density at radius 1 is 1.39 bits per heavy atom. The van der Waals surface area contributed by atoms with Crippen LogP contribution in [0.1, 0.15) is 47.0 Å². The first-order valence-corrected chi connectivity index (χ1v) is 7.52. The average molecular weight is 256 g/mol. The standard InChI is InChI=1S/C15H32N2O/c1-6-9-16-11-14(13(2)3)17-10-7-8-15(4,12-17)18-5/h13-14,16H,6-12H2,1-5H3. The lowest BCUT2D eigenvalue weighted by molar-refractivity contribution is -0.0656. The smallest absolute Gasteiger partial charge is 0.0777 e. The van der Waals surface area contributed by atoms with Gasteiger partial charge in [0.1, 0.15) is 0 Å². The first-order chi connectivity index (χ1) is 8.52. The fourth-order valence-corrected chi connectivity index (χ4v) is 2.91. The molecule has 0 aliphatic carbocycles.